The Kier molecular flexibility index (Phi) is 4.18. The second-order valence-electron chi connectivity index (χ2n) is 5.02. The number of hydrogen-bond acceptors (Lipinski definition) is 5. The third-order valence-electron chi connectivity index (χ3n) is 3.58. The van der Waals surface area contributed by atoms with Gasteiger partial charge >= 0.3 is 0 Å². The topological polar surface area (TPSA) is 64.5 Å². The van der Waals surface area contributed by atoms with Gasteiger partial charge in [-0.2, -0.15) is 0 Å². The summed E-state index contributed by atoms with van der Waals surface area (Å²) in [5.41, 5.74) is 0.481. The highest BCUT2D eigenvalue weighted by molar-refractivity contribution is 5.96. The molecule has 1 amide bonds. The SMILES string of the molecule is COc1ncccc1C(=O)N1CC[C@H](Oc2ccncc2)C1. The molecule has 22 heavy (non-hydrogen) atoms. The lowest BCUT2D eigenvalue weighted by Crippen LogP contribution is -2.31. The van der Waals surface area contributed by atoms with E-state index >= 15 is 0 Å². The van der Waals surface area contributed by atoms with Crippen molar-refractivity contribution in [2.45, 2.75) is 12.5 Å². The lowest BCUT2D eigenvalue weighted by Gasteiger charge is -2.18. The fourth-order valence-electron chi connectivity index (χ4n) is 2.50. The van der Waals surface area contributed by atoms with E-state index in [-0.39, 0.29) is 12.0 Å². The predicted molar refractivity (Wildman–Crippen MR) is 80.0 cm³/mol. The van der Waals surface area contributed by atoms with E-state index in [9.17, 15) is 4.79 Å². The van der Waals surface area contributed by atoms with Gasteiger partial charge in [0.1, 0.15) is 17.4 Å². The zero-order valence-corrected chi connectivity index (χ0v) is 12.3. The normalized spacial score (nSPS) is 17.3. The van der Waals surface area contributed by atoms with Crippen molar-refractivity contribution in [3.63, 3.8) is 0 Å². The molecule has 3 heterocycles. The maximum atomic E-state index is 12.6. The standard InChI is InChI=1S/C16H17N3O3/c1-21-15-14(3-2-7-18-15)16(20)19-10-6-13(11-19)22-12-4-8-17-9-5-12/h2-5,7-9,13H,6,10-11H2,1H3/t13-/m0/s1. The number of pyridine rings is 2. The summed E-state index contributed by atoms with van der Waals surface area (Å²) in [7, 11) is 1.51. The highest BCUT2D eigenvalue weighted by Crippen LogP contribution is 2.22. The Labute approximate surface area is 128 Å². The first-order chi connectivity index (χ1) is 10.8. The molecule has 1 fully saturated rings. The molecule has 1 saturated heterocycles. The zero-order chi connectivity index (χ0) is 15.4. The number of amides is 1. The van der Waals surface area contributed by atoms with E-state index in [1.165, 1.54) is 7.11 Å². The maximum Gasteiger partial charge on any atom is 0.259 e. The Balaban J connectivity index is 1.66. The molecule has 1 aliphatic heterocycles. The van der Waals surface area contributed by atoms with Gasteiger partial charge in [-0.3, -0.25) is 9.78 Å². The van der Waals surface area contributed by atoms with Crippen LogP contribution in [-0.4, -0.2) is 47.1 Å². The summed E-state index contributed by atoms with van der Waals surface area (Å²) in [4.78, 5) is 22.4. The second kappa shape index (κ2) is 6.43. The molecule has 0 unspecified atom stereocenters. The summed E-state index contributed by atoms with van der Waals surface area (Å²) in [6, 6.07) is 7.09. The van der Waals surface area contributed by atoms with Crippen molar-refractivity contribution in [3.8, 4) is 11.6 Å². The second-order valence-corrected chi connectivity index (χ2v) is 5.02. The zero-order valence-electron chi connectivity index (χ0n) is 12.3. The van der Waals surface area contributed by atoms with Gasteiger partial charge in [-0.25, -0.2) is 4.98 Å². The third kappa shape index (κ3) is 3.00. The summed E-state index contributed by atoms with van der Waals surface area (Å²) in [6.07, 6.45) is 5.78. The lowest BCUT2D eigenvalue weighted by atomic mass is 10.2. The van der Waals surface area contributed by atoms with Crippen molar-refractivity contribution in [1.82, 2.24) is 14.9 Å². The Morgan fingerprint density at radius 1 is 1.27 bits per heavy atom. The average molecular weight is 299 g/mol. The number of ether oxygens (including phenoxy) is 2. The smallest absolute Gasteiger partial charge is 0.259 e. The van der Waals surface area contributed by atoms with Crippen LogP contribution in [0.4, 0.5) is 0 Å². The van der Waals surface area contributed by atoms with E-state index < -0.39 is 0 Å². The van der Waals surface area contributed by atoms with Crippen LogP contribution < -0.4 is 9.47 Å². The molecule has 0 N–H and O–H groups in total. The molecule has 0 aliphatic carbocycles. The molecular weight excluding hydrogens is 282 g/mol. The van der Waals surface area contributed by atoms with Crippen LogP contribution in [0.25, 0.3) is 0 Å². The molecule has 0 spiro atoms. The van der Waals surface area contributed by atoms with E-state index in [1.54, 1.807) is 35.6 Å². The van der Waals surface area contributed by atoms with Crippen molar-refractivity contribution in [2.75, 3.05) is 20.2 Å². The van der Waals surface area contributed by atoms with Gasteiger partial charge in [0, 0.05) is 31.6 Å². The highest BCUT2D eigenvalue weighted by Gasteiger charge is 2.29. The molecule has 114 valence electrons. The van der Waals surface area contributed by atoms with Gasteiger partial charge in [-0.05, 0) is 24.3 Å². The molecule has 0 radical (unpaired) electrons. The molecule has 2 aromatic rings. The van der Waals surface area contributed by atoms with Crippen LogP contribution in [-0.2, 0) is 0 Å². The Morgan fingerprint density at radius 3 is 2.86 bits per heavy atom. The van der Waals surface area contributed by atoms with Gasteiger partial charge in [0.2, 0.25) is 5.88 Å². The molecule has 1 aliphatic rings. The summed E-state index contributed by atoms with van der Waals surface area (Å²) >= 11 is 0. The minimum absolute atomic E-state index is 0.00554. The van der Waals surface area contributed by atoms with Crippen LogP contribution in [0.15, 0.2) is 42.9 Å². The highest BCUT2D eigenvalue weighted by atomic mass is 16.5. The quantitative estimate of drug-likeness (QED) is 0.861. The molecule has 3 rings (SSSR count). The Bertz CT molecular complexity index is 648. The van der Waals surface area contributed by atoms with Crippen LogP contribution in [0.5, 0.6) is 11.6 Å². The minimum atomic E-state index is -0.0780. The van der Waals surface area contributed by atoms with Crippen LogP contribution in [0.1, 0.15) is 16.8 Å². The number of carbonyl (C=O) groups excluding carboxylic acids is 1. The Hall–Kier alpha value is -2.63. The van der Waals surface area contributed by atoms with E-state index in [4.69, 9.17) is 9.47 Å². The monoisotopic (exact) mass is 299 g/mol. The van der Waals surface area contributed by atoms with Crippen molar-refractivity contribution < 1.29 is 14.3 Å². The number of nitrogens with zero attached hydrogens (tertiary/aromatic N) is 3. The van der Waals surface area contributed by atoms with Crippen molar-refractivity contribution in [3.05, 3.63) is 48.4 Å². The third-order valence-corrected chi connectivity index (χ3v) is 3.58. The molecule has 0 bridgehead atoms. The molecule has 0 saturated carbocycles. The molecule has 2 aromatic heterocycles. The summed E-state index contributed by atoms with van der Waals surface area (Å²) in [5, 5.41) is 0. The van der Waals surface area contributed by atoms with Crippen molar-refractivity contribution in [2.24, 2.45) is 0 Å². The van der Waals surface area contributed by atoms with E-state index in [0.717, 1.165) is 12.2 Å². The van der Waals surface area contributed by atoms with Gasteiger partial charge < -0.3 is 14.4 Å². The number of hydrogen-bond donors (Lipinski definition) is 0. The van der Waals surface area contributed by atoms with Crippen LogP contribution in [0, 0.1) is 0 Å². The molecule has 1 atom stereocenters. The van der Waals surface area contributed by atoms with Gasteiger partial charge in [0.25, 0.3) is 5.91 Å². The van der Waals surface area contributed by atoms with Crippen molar-refractivity contribution >= 4 is 5.91 Å². The van der Waals surface area contributed by atoms with E-state index in [0.29, 0.717) is 24.5 Å². The average Bonchev–Trinajstić information content (AvgIpc) is 3.03. The number of methoxy groups -OCH3 is 1. The molecule has 0 aromatic carbocycles. The maximum absolute atomic E-state index is 12.6. The minimum Gasteiger partial charge on any atom is -0.488 e. The molecule has 6 nitrogen and oxygen atoms in total. The van der Waals surface area contributed by atoms with Gasteiger partial charge in [-0.15, -0.1) is 0 Å². The van der Waals surface area contributed by atoms with Gasteiger partial charge in [0.05, 0.1) is 13.7 Å². The molecule has 6 heteroatoms. The van der Waals surface area contributed by atoms with Crippen molar-refractivity contribution in [1.29, 1.82) is 0 Å². The molecular formula is C16H17N3O3. The fraction of sp³-hybridized carbons (Fsp3) is 0.312. The van der Waals surface area contributed by atoms with Crippen LogP contribution in [0.2, 0.25) is 0 Å². The number of likely N-dealkylation sites (tertiary alicyclic amines) is 1. The first-order valence-electron chi connectivity index (χ1n) is 7.13. The van der Waals surface area contributed by atoms with Crippen LogP contribution in [0.3, 0.4) is 0 Å². The first kappa shape index (κ1) is 14.3. The number of aromatic nitrogens is 2. The first-order valence-corrected chi connectivity index (χ1v) is 7.13. The largest absolute Gasteiger partial charge is 0.488 e. The summed E-state index contributed by atoms with van der Waals surface area (Å²) in [5.74, 6) is 1.05. The summed E-state index contributed by atoms with van der Waals surface area (Å²) < 4.78 is 11.0. The van der Waals surface area contributed by atoms with E-state index in [2.05, 4.69) is 9.97 Å². The summed E-state index contributed by atoms with van der Waals surface area (Å²) in [6.45, 7) is 1.21. The van der Waals surface area contributed by atoms with Gasteiger partial charge in [-0.1, -0.05) is 0 Å². The lowest BCUT2D eigenvalue weighted by molar-refractivity contribution is 0.0768. The van der Waals surface area contributed by atoms with Crippen LogP contribution >= 0.6 is 0 Å². The fourth-order valence-corrected chi connectivity index (χ4v) is 2.50. The van der Waals surface area contributed by atoms with Gasteiger partial charge in [0.15, 0.2) is 0 Å². The predicted octanol–water partition coefficient (Wildman–Crippen LogP) is 1.78. The number of carbonyl (C=O) groups is 1. The van der Waals surface area contributed by atoms with E-state index in [1.807, 2.05) is 12.1 Å². The Morgan fingerprint density at radius 2 is 2.09 bits per heavy atom. The number of rotatable bonds is 4.